The predicted molar refractivity (Wildman–Crippen MR) is 128 cm³/mol. The lowest BCUT2D eigenvalue weighted by Crippen LogP contribution is -2.33. The fourth-order valence-corrected chi connectivity index (χ4v) is 4.93. The van der Waals surface area contributed by atoms with Gasteiger partial charge in [0.25, 0.3) is 5.91 Å². The Kier molecular flexibility index (Phi) is 7.25. The number of methoxy groups -OCH3 is 1. The van der Waals surface area contributed by atoms with Crippen molar-refractivity contribution < 1.29 is 9.53 Å². The van der Waals surface area contributed by atoms with Crippen LogP contribution in [0.15, 0.2) is 42.5 Å². The summed E-state index contributed by atoms with van der Waals surface area (Å²) in [7, 11) is 5.70. The summed E-state index contributed by atoms with van der Waals surface area (Å²) in [4.78, 5) is 26.6. The SMILES string of the molecule is COc1ccc2sc(N(CCCN(C)C)C(=O)c3nc4ccccc4s3)nc2c1.Cl. The van der Waals surface area contributed by atoms with E-state index in [0.29, 0.717) is 16.7 Å². The molecule has 4 rings (SSSR count). The van der Waals surface area contributed by atoms with Gasteiger partial charge >= 0.3 is 0 Å². The van der Waals surface area contributed by atoms with Gasteiger partial charge in [0, 0.05) is 12.6 Å². The van der Waals surface area contributed by atoms with Crippen LogP contribution in [0.25, 0.3) is 20.4 Å². The monoisotopic (exact) mass is 462 g/mol. The lowest BCUT2D eigenvalue weighted by Gasteiger charge is -2.19. The van der Waals surface area contributed by atoms with Crippen LogP contribution in [-0.2, 0) is 0 Å². The van der Waals surface area contributed by atoms with Crippen LogP contribution in [0.2, 0.25) is 0 Å². The summed E-state index contributed by atoms with van der Waals surface area (Å²) in [5.74, 6) is 0.655. The molecule has 2 heterocycles. The van der Waals surface area contributed by atoms with Crippen LogP contribution >= 0.6 is 35.1 Å². The molecule has 0 aliphatic rings. The summed E-state index contributed by atoms with van der Waals surface area (Å²) in [6.45, 7) is 1.48. The van der Waals surface area contributed by atoms with Gasteiger partial charge in [0.15, 0.2) is 10.1 Å². The number of thiazole rings is 2. The smallest absolute Gasteiger partial charge is 0.289 e. The van der Waals surface area contributed by atoms with E-state index < -0.39 is 0 Å². The van der Waals surface area contributed by atoms with E-state index in [1.54, 1.807) is 12.0 Å². The van der Waals surface area contributed by atoms with E-state index in [-0.39, 0.29) is 18.3 Å². The molecule has 0 aliphatic carbocycles. The van der Waals surface area contributed by atoms with Crippen LogP contribution < -0.4 is 9.64 Å². The molecule has 0 spiro atoms. The summed E-state index contributed by atoms with van der Waals surface area (Å²) < 4.78 is 7.34. The Morgan fingerprint density at radius 1 is 1.00 bits per heavy atom. The van der Waals surface area contributed by atoms with Crippen LogP contribution in [0.3, 0.4) is 0 Å². The average molecular weight is 463 g/mol. The number of carbonyl (C=O) groups is 1. The number of aromatic nitrogens is 2. The molecule has 0 fully saturated rings. The standard InChI is InChI=1S/C21H22N4O2S2.ClH/c1-24(2)11-6-12-25(20(26)19-22-15-7-4-5-8-17(15)28-19)21-23-16-13-14(27-3)9-10-18(16)29-21;/h4-5,7-10,13H,6,11-12H2,1-3H3;1H. The zero-order valence-corrected chi connectivity index (χ0v) is 19.4. The number of fused-ring (bicyclic) bond motifs is 2. The molecule has 4 aromatic rings. The molecule has 0 radical (unpaired) electrons. The maximum Gasteiger partial charge on any atom is 0.289 e. The van der Waals surface area contributed by atoms with E-state index >= 15 is 0 Å². The molecule has 0 saturated carbocycles. The molecule has 0 unspecified atom stereocenters. The van der Waals surface area contributed by atoms with E-state index in [2.05, 4.69) is 9.88 Å². The molecule has 158 valence electrons. The van der Waals surface area contributed by atoms with Gasteiger partial charge in [-0.15, -0.1) is 23.7 Å². The predicted octanol–water partition coefficient (Wildman–Crippen LogP) is 4.93. The van der Waals surface area contributed by atoms with E-state index in [4.69, 9.17) is 9.72 Å². The van der Waals surface area contributed by atoms with Crippen LogP contribution in [-0.4, -0.2) is 55.1 Å². The first kappa shape index (κ1) is 22.4. The van der Waals surface area contributed by atoms with Crippen molar-refractivity contribution in [1.82, 2.24) is 14.9 Å². The third-order valence-electron chi connectivity index (χ3n) is 4.52. The Morgan fingerprint density at radius 3 is 2.50 bits per heavy atom. The zero-order chi connectivity index (χ0) is 20.4. The van der Waals surface area contributed by atoms with Gasteiger partial charge in [0.2, 0.25) is 0 Å². The highest BCUT2D eigenvalue weighted by Gasteiger charge is 2.24. The van der Waals surface area contributed by atoms with Crippen molar-refractivity contribution >= 4 is 66.6 Å². The van der Waals surface area contributed by atoms with Crippen LogP contribution in [0.5, 0.6) is 5.75 Å². The topological polar surface area (TPSA) is 58.6 Å². The number of ether oxygens (including phenoxy) is 1. The van der Waals surface area contributed by atoms with Crippen molar-refractivity contribution in [3.05, 3.63) is 47.5 Å². The van der Waals surface area contributed by atoms with Crippen molar-refractivity contribution in [3.63, 3.8) is 0 Å². The molecule has 30 heavy (non-hydrogen) atoms. The van der Waals surface area contributed by atoms with E-state index in [9.17, 15) is 4.79 Å². The molecule has 6 nitrogen and oxygen atoms in total. The summed E-state index contributed by atoms with van der Waals surface area (Å²) >= 11 is 2.94. The Labute approximate surface area is 189 Å². The summed E-state index contributed by atoms with van der Waals surface area (Å²) in [6, 6.07) is 13.6. The first-order valence-corrected chi connectivity index (χ1v) is 10.9. The average Bonchev–Trinajstić information content (AvgIpc) is 3.33. The summed E-state index contributed by atoms with van der Waals surface area (Å²) in [5, 5.41) is 1.18. The van der Waals surface area contributed by atoms with Gasteiger partial charge in [0.05, 0.1) is 27.5 Å². The minimum absolute atomic E-state index is 0. The molecule has 0 N–H and O–H groups in total. The number of rotatable bonds is 7. The second-order valence-electron chi connectivity index (χ2n) is 6.93. The molecule has 1 amide bonds. The maximum absolute atomic E-state index is 13.4. The fourth-order valence-electron chi connectivity index (χ4n) is 3.05. The van der Waals surface area contributed by atoms with Crippen molar-refractivity contribution in [3.8, 4) is 5.75 Å². The first-order valence-electron chi connectivity index (χ1n) is 9.32. The van der Waals surface area contributed by atoms with Gasteiger partial charge in [-0.1, -0.05) is 23.5 Å². The Bertz CT molecular complexity index is 1130. The molecule has 0 saturated heterocycles. The number of halogens is 1. The minimum atomic E-state index is -0.101. The molecule has 0 bridgehead atoms. The van der Waals surface area contributed by atoms with Crippen molar-refractivity contribution in [2.24, 2.45) is 0 Å². The van der Waals surface area contributed by atoms with Crippen molar-refractivity contribution in [2.45, 2.75) is 6.42 Å². The van der Waals surface area contributed by atoms with Gasteiger partial charge in [-0.2, -0.15) is 0 Å². The van der Waals surface area contributed by atoms with Gasteiger partial charge in [-0.25, -0.2) is 9.97 Å². The number of hydrogen-bond donors (Lipinski definition) is 0. The number of carbonyl (C=O) groups excluding carboxylic acids is 1. The largest absolute Gasteiger partial charge is 0.497 e. The lowest BCUT2D eigenvalue weighted by molar-refractivity contribution is 0.0986. The third-order valence-corrected chi connectivity index (χ3v) is 6.61. The quantitative estimate of drug-likeness (QED) is 0.389. The van der Waals surface area contributed by atoms with Crippen LogP contribution in [0, 0.1) is 0 Å². The third kappa shape index (κ3) is 4.73. The van der Waals surface area contributed by atoms with Crippen molar-refractivity contribution in [2.75, 3.05) is 39.2 Å². The lowest BCUT2D eigenvalue weighted by atomic mass is 10.3. The van der Waals surface area contributed by atoms with Crippen molar-refractivity contribution in [1.29, 1.82) is 0 Å². The highest BCUT2D eigenvalue weighted by molar-refractivity contribution is 7.23. The number of hydrogen-bond acceptors (Lipinski definition) is 7. The zero-order valence-electron chi connectivity index (χ0n) is 17.0. The van der Waals surface area contributed by atoms with Crippen LogP contribution in [0.4, 0.5) is 5.13 Å². The van der Waals surface area contributed by atoms with E-state index in [0.717, 1.165) is 39.1 Å². The van der Waals surface area contributed by atoms with Gasteiger partial charge in [-0.3, -0.25) is 9.69 Å². The molecule has 9 heteroatoms. The van der Waals surface area contributed by atoms with E-state index in [1.165, 1.54) is 22.7 Å². The molecule has 2 aromatic heterocycles. The number of benzene rings is 2. The first-order chi connectivity index (χ1) is 14.0. The Hall–Kier alpha value is -2.26. The second kappa shape index (κ2) is 9.70. The summed E-state index contributed by atoms with van der Waals surface area (Å²) in [6.07, 6.45) is 0.850. The fraction of sp³-hybridized carbons (Fsp3) is 0.286. The molecule has 0 atom stereocenters. The van der Waals surface area contributed by atoms with Gasteiger partial charge in [0.1, 0.15) is 5.75 Å². The number of amides is 1. The van der Waals surface area contributed by atoms with Crippen LogP contribution in [0.1, 0.15) is 16.2 Å². The minimum Gasteiger partial charge on any atom is -0.497 e. The Balaban J connectivity index is 0.00000256. The Morgan fingerprint density at radius 2 is 1.77 bits per heavy atom. The maximum atomic E-state index is 13.4. The van der Waals surface area contributed by atoms with Gasteiger partial charge < -0.3 is 9.64 Å². The number of para-hydroxylation sites is 1. The molecular weight excluding hydrogens is 440 g/mol. The normalized spacial score (nSPS) is 11.1. The molecular formula is C21H23ClN4O2S2. The highest BCUT2D eigenvalue weighted by Crippen LogP contribution is 2.33. The summed E-state index contributed by atoms with van der Waals surface area (Å²) in [5.41, 5.74) is 1.68. The second-order valence-corrected chi connectivity index (χ2v) is 8.97. The highest BCUT2D eigenvalue weighted by atomic mass is 35.5. The number of anilines is 1. The van der Waals surface area contributed by atoms with Gasteiger partial charge in [-0.05, 0) is 51.3 Å². The number of nitrogens with zero attached hydrogens (tertiary/aromatic N) is 4. The molecule has 0 aliphatic heterocycles. The van der Waals surface area contributed by atoms with E-state index in [1.807, 2.05) is 56.6 Å². The molecule has 2 aromatic carbocycles.